The molecule has 0 aliphatic carbocycles. The predicted molar refractivity (Wildman–Crippen MR) is 78.3 cm³/mol. The Morgan fingerprint density at radius 2 is 1.45 bits per heavy atom. The molecule has 0 aliphatic heterocycles. The van der Waals surface area contributed by atoms with Gasteiger partial charge in [0.2, 0.25) is 0 Å². The van der Waals surface area contributed by atoms with Crippen LogP contribution in [-0.4, -0.2) is 23.1 Å². The first kappa shape index (κ1) is 14.0. The fraction of sp³-hybridized carbons (Fsp3) is 0.176. The van der Waals surface area contributed by atoms with Crippen LogP contribution in [0.3, 0.4) is 0 Å². The van der Waals surface area contributed by atoms with Crippen LogP contribution in [-0.2, 0) is 11.3 Å². The van der Waals surface area contributed by atoms with Crippen LogP contribution >= 0.6 is 0 Å². The molecule has 0 saturated carbocycles. The fourth-order valence-electron chi connectivity index (χ4n) is 2.04. The molecule has 0 aliphatic rings. The Kier molecular flexibility index (Phi) is 4.66. The van der Waals surface area contributed by atoms with Gasteiger partial charge in [-0.15, -0.1) is 0 Å². The highest BCUT2D eigenvalue weighted by molar-refractivity contribution is 5.96. The average Bonchev–Trinajstić information content (AvgIpc) is 2.47. The van der Waals surface area contributed by atoms with Crippen LogP contribution in [0.1, 0.15) is 22.8 Å². The second-order valence-electron chi connectivity index (χ2n) is 4.71. The Morgan fingerprint density at radius 3 is 2.00 bits per heavy atom. The molecule has 0 heterocycles. The zero-order valence-corrected chi connectivity index (χ0v) is 11.5. The van der Waals surface area contributed by atoms with Gasteiger partial charge in [0, 0.05) is 12.1 Å². The van der Waals surface area contributed by atoms with Crippen molar-refractivity contribution in [1.82, 2.24) is 4.90 Å². The Hall–Kier alpha value is -2.42. The largest absolute Gasteiger partial charge is 0.327 e. The molecule has 0 bridgehead atoms. The lowest BCUT2D eigenvalue weighted by Crippen LogP contribution is -2.34. The van der Waals surface area contributed by atoms with Gasteiger partial charge in [-0.05, 0) is 24.6 Å². The average molecular weight is 267 g/mol. The van der Waals surface area contributed by atoms with Crippen molar-refractivity contribution in [3.8, 4) is 0 Å². The van der Waals surface area contributed by atoms with E-state index < -0.39 is 0 Å². The molecule has 2 aromatic carbocycles. The molecule has 20 heavy (non-hydrogen) atoms. The number of carbonyl (C=O) groups is 2. The number of amides is 1. The van der Waals surface area contributed by atoms with Gasteiger partial charge in [0.05, 0.1) is 6.54 Å². The SMILES string of the molecule is CC(=O)CN(Cc1ccccc1)C(=O)c1ccccc1. The van der Waals surface area contributed by atoms with Crippen LogP contribution in [0.25, 0.3) is 0 Å². The fourth-order valence-corrected chi connectivity index (χ4v) is 2.04. The first-order valence-corrected chi connectivity index (χ1v) is 6.54. The van der Waals surface area contributed by atoms with Gasteiger partial charge in [-0.1, -0.05) is 48.5 Å². The molecule has 3 heteroatoms. The summed E-state index contributed by atoms with van der Waals surface area (Å²) >= 11 is 0. The van der Waals surface area contributed by atoms with Crippen LogP contribution in [0.4, 0.5) is 0 Å². The summed E-state index contributed by atoms with van der Waals surface area (Å²) in [6.45, 7) is 2.06. The minimum atomic E-state index is -0.121. The summed E-state index contributed by atoms with van der Waals surface area (Å²) in [5, 5.41) is 0. The quantitative estimate of drug-likeness (QED) is 0.835. The molecule has 102 valence electrons. The van der Waals surface area contributed by atoms with Crippen molar-refractivity contribution in [3.63, 3.8) is 0 Å². The van der Waals surface area contributed by atoms with Gasteiger partial charge in [0.1, 0.15) is 5.78 Å². The molecule has 0 N–H and O–H groups in total. The number of carbonyl (C=O) groups excluding carboxylic acids is 2. The van der Waals surface area contributed by atoms with Crippen molar-refractivity contribution < 1.29 is 9.59 Å². The Labute approximate surface area is 118 Å². The molecule has 0 atom stereocenters. The van der Waals surface area contributed by atoms with E-state index >= 15 is 0 Å². The van der Waals surface area contributed by atoms with E-state index in [1.54, 1.807) is 17.0 Å². The zero-order chi connectivity index (χ0) is 14.4. The number of hydrogen-bond acceptors (Lipinski definition) is 2. The van der Waals surface area contributed by atoms with E-state index in [4.69, 9.17) is 0 Å². The number of hydrogen-bond donors (Lipinski definition) is 0. The lowest BCUT2D eigenvalue weighted by molar-refractivity contribution is -0.117. The topological polar surface area (TPSA) is 37.4 Å². The Balaban J connectivity index is 2.19. The molecular formula is C17H17NO2. The first-order chi connectivity index (χ1) is 9.66. The maximum atomic E-state index is 12.5. The third-order valence-corrected chi connectivity index (χ3v) is 2.94. The van der Waals surface area contributed by atoms with E-state index in [2.05, 4.69) is 0 Å². The van der Waals surface area contributed by atoms with Crippen LogP contribution in [0.2, 0.25) is 0 Å². The first-order valence-electron chi connectivity index (χ1n) is 6.54. The van der Waals surface area contributed by atoms with Gasteiger partial charge >= 0.3 is 0 Å². The minimum Gasteiger partial charge on any atom is -0.327 e. The standard InChI is InChI=1S/C17H17NO2/c1-14(19)12-18(13-15-8-4-2-5-9-15)17(20)16-10-6-3-7-11-16/h2-11H,12-13H2,1H3. The van der Waals surface area contributed by atoms with Gasteiger partial charge in [0.15, 0.2) is 0 Å². The second-order valence-corrected chi connectivity index (χ2v) is 4.71. The van der Waals surface area contributed by atoms with Gasteiger partial charge in [-0.2, -0.15) is 0 Å². The molecular weight excluding hydrogens is 250 g/mol. The van der Waals surface area contributed by atoms with E-state index in [1.165, 1.54) is 6.92 Å². The third-order valence-electron chi connectivity index (χ3n) is 2.94. The molecule has 1 amide bonds. The number of nitrogens with zero attached hydrogens (tertiary/aromatic N) is 1. The van der Waals surface area contributed by atoms with Crippen LogP contribution in [0, 0.1) is 0 Å². The van der Waals surface area contributed by atoms with E-state index in [0.29, 0.717) is 12.1 Å². The highest BCUT2D eigenvalue weighted by Crippen LogP contribution is 2.10. The summed E-state index contributed by atoms with van der Waals surface area (Å²) in [5.41, 5.74) is 1.61. The number of ketones is 1. The van der Waals surface area contributed by atoms with E-state index in [-0.39, 0.29) is 18.2 Å². The molecule has 0 fully saturated rings. The molecule has 0 saturated heterocycles. The van der Waals surface area contributed by atoms with Crippen LogP contribution in [0.15, 0.2) is 60.7 Å². The summed E-state index contributed by atoms with van der Waals surface area (Å²) in [4.78, 5) is 25.4. The van der Waals surface area contributed by atoms with Gasteiger partial charge in [-0.25, -0.2) is 0 Å². The van der Waals surface area contributed by atoms with Gasteiger partial charge < -0.3 is 4.90 Å². The summed E-state index contributed by atoms with van der Waals surface area (Å²) in [6.07, 6.45) is 0. The maximum Gasteiger partial charge on any atom is 0.254 e. The molecule has 0 unspecified atom stereocenters. The van der Waals surface area contributed by atoms with Crippen molar-refractivity contribution in [2.45, 2.75) is 13.5 Å². The molecule has 0 aromatic heterocycles. The molecule has 2 rings (SSSR count). The Morgan fingerprint density at radius 1 is 0.900 bits per heavy atom. The summed E-state index contributed by atoms with van der Waals surface area (Å²) in [5.74, 6) is -0.144. The van der Waals surface area contributed by atoms with E-state index in [0.717, 1.165) is 5.56 Å². The summed E-state index contributed by atoms with van der Waals surface area (Å²) < 4.78 is 0. The van der Waals surface area contributed by atoms with Gasteiger partial charge in [0.25, 0.3) is 5.91 Å². The summed E-state index contributed by atoms with van der Waals surface area (Å²) in [7, 11) is 0. The second kappa shape index (κ2) is 6.66. The normalized spacial score (nSPS) is 10.1. The molecule has 2 aromatic rings. The lowest BCUT2D eigenvalue weighted by Gasteiger charge is -2.21. The molecule has 0 radical (unpaired) electrons. The monoisotopic (exact) mass is 267 g/mol. The van der Waals surface area contributed by atoms with Crippen LogP contribution in [0.5, 0.6) is 0 Å². The lowest BCUT2D eigenvalue weighted by atomic mass is 10.1. The van der Waals surface area contributed by atoms with Crippen LogP contribution < -0.4 is 0 Å². The zero-order valence-electron chi connectivity index (χ0n) is 11.5. The van der Waals surface area contributed by atoms with E-state index in [1.807, 2.05) is 48.5 Å². The highest BCUT2D eigenvalue weighted by Gasteiger charge is 2.17. The van der Waals surface area contributed by atoms with Crippen molar-refractivity contribution in [1.29, 1.82) is 0 Å². The Bertz CT molecular complexity index is 578. The van der Waals surface area contributed by atoms with Crippen molar-refractivity contribution in [3.05, 3.63) is 71.8 Å². The van der Waals surface area contributed by atoms with E-state index in [9.17, 15) is 9.59 Å². The summed E-state index contributed by atoms with van der Waals surface area (Å²) in [6, 6.07) is 18.7. The number of rotatable bonds is 5. The molecule has 0 spiro atoms. The van der Waals surface area contributed by atoms with Gasteiger partial charge in [-0.3, -0.25) is 9.59 Å². The predicted octanol–water partition coefficient (Wildman–Crippen LogP) is 2.92. The number of benzene rings is 2. The highest BCUT2D eigenvalue weighted by atomic mass is 16.2. The van der Waals surface area contributed by atoms with Crippen molar-refractivity contribution in [2.24, 2.45) is 0 Å². The molecule has 3 nitrogen and oxygen atoms in total. The number of Topliss-reactive ketones (excluding diaryl/α,β-unsaturated/α-hetero) is 1. The maximum absolute atomic E-state index is 12.5. The smallest absolute Gasteiger partial charge is 0.254 e. The minimum absolute atomic E-state index is 0.0230. The van der Waals surface area contributed by atoms with Crippen molar-refractivity contribution >= 4 is 11.7 Å². The third kappa shape index (κ3) is 3.79. The van der Waals surface area contributed by atoms with Crippen molar-refractivity contribution in [2.75, 3.05) is 6.54 Å².